The summed E-state index contributed by atoms with van der Waals surface area (Å²) in [5, 5.41) is 15.3. The molecule has 0 saturated carbocycles. The number of nitrogens with zero attached hydrogens (tertiary/aromatic N) is 3. The molecule has 1 saturated heterocycles. The maximum absolute atomic E-state index is 12.0. The van der Waals surface area contributed by atoms with Crippen LogP contribution in [0.5, 0.6) is 0 Å². The maximum atomic E-state index is 12.0. The van der Waals surface area contributed by atoms with Crippen molar-refractivity contribution >= 4 is 38.3 Å². The van der Waals surface area contributed by atoms with Gasteiger partial charge in [-0.3, -0.25) is 4.79 Å². The molecular formula is C15H26BrN5OS. The summed E-state index contributed by atoms with van der Waals surface area (Å²) in [5.74, 6) is 1.68. The highest BCUT2D eigenvalue weighted by atomic mass is 79.9. The molecule has 0 aromatic carbocycles. The number of carbonyl (C=O) groups is 1. The van der Waals surface area contributed by atoms with E-state index in [9.17, 15) is 4.79 Å². The van der Waals surface area contributed by atoms with Crippen LogP contribution >= 0.6 is 27.3 Å². The van der Waals surface area contributed by atoms with E-state index in [2.05, 4.69) is 55.5 Å². The second-order valence-electron chi connectivity index (χ2n) is 6.32. The Bertz CT molecular complexity index is 526. The molecule has 130 valence electrons. The van der Waals surface area contributed by atoms with Gasteiger partial charge >= 0.3 is 0 Å². The van der Waals surface area contributed by atoms with Gasteiger partial charge in [0.2, 0.25) is 11.0 Å². The van der Waals surface area contributed by atoms with Crippen LogP contribution in [-0.2, 0) is 4.79 Å². The molecular weight excluding hydrogens is 378 g/mol. The third kappa shape index (κ3) is 4.42. The Hall–Kier alpha value is -0.730. The van der Waals surface area contributed by atoms with Crippen LogP contribution in [0.25, 0.3) is 0 Å². The predicted octanol–water partition coefficient (Wildman–Crippen LogP) is 2.12. The number of amides is 1. The molecule has 6 nitrogen and oxygen atoms in total. The lowest BCUT2D eigenvalue weighted by molar-refractivity contribution is -0.121. The summed E-state index contributed by atoms with van der Waals surface area (Å²) in [6.07, 6.45) is 1.60. The van der Waals surface area contributed by atoms with Gasteiger partial charge in [-0.05, 0) is 53.7 Å². The zero-order chi connectivity index (χ0) is 17.0. The summed E-state index contributed by atoms with van der Waals surface area (Å²) in [6, 6.07) is 0.184. The van der Waals surface area contributed by atoms with Crippen molar-refractivity contribution < 1.29 is 4.79 Å². The van der Waals surface area contributed by atoms with Crippen molar-refractivity contribution in [3.05, 3.63) is 3.92 Å². The molecule has 4 atom stereocenters. The van der Waals surface area contributed by atoms with Crippen LogP contribution in [0.1, 0.15) is 26.7 Å². The largest absolute Gasteiger partial charge is 0.359 e. The number of carbonyl (C=O) groups excluding carboxylic acids is 1. The van der Waals surface area contributed by atoms with Gasteiger partial charge in [0.15, 0.2) is 3.92 Å². The van der Waals surface area contributed by atoms with E-state index < -0.39 is 0 Å². The normalized spacial score (nSPS) is 23.8. The minimum atomic E-state index is 0.0870. The summed E-state index contributed by atoms with van der Waals surface area (Å²) < 4.78 is 0.784. The average molecular weight is 404 g/mol. The zero-order valence-electron chi connectivity index (χ0n) is 14.2. The number of anilines is 1. The third-order valence-electron chi connectivity index (χ3n) is 5.01. The quantitative estimate of drug-likeness (QED) is 0.729. The van der Waals surface area contributed by atoms with Crippen LogP contribution in [0.2, 0.25) is 0 Å². The highest BCUT2D eigenvalue weighted by molar-refractivity contribution is 9.11. The standard InChI is InChI=1S/C15H26BrN5OS/c1-9(8-17-3)10(2)11-5-6-21(12(11)7-13(22)18-4)15-20-19-14(16)23-15/h9-12,17H,5-8H2,1-4H3,(H,18,22)/t9?,10-,11?,12?/m1/s1. The molecule has 0 aliphatic carbocycles. The highest BCUT2D eigenvalue weighted by Crippen LogP contribution is 2.39. The lowest BCUT2D eigenvalue weighted by Crippen LogP contribution is -2.41. The van der Waals surface area contributed by atoms with Crippen molar-refractivity contribution in [3.8, 4) is 0 Å². The van der Waals surface area contributed by atoms with E-state index in [-0.39, 0.29) is 11.9 Å². The summed E-state index contributed by atoms with van der Waals surface area (Å²) in [5.41, 5.74) is 0. The molecule has 0 radical (unpaired) electrons. The summed E-state index contributed by atoms with van der Waals surface area (Å²) in [6.45, 7) is 6.52. The van der Waals surface area contributed by atoms with Crippen LogP contribution < -0.4 is 15.5 Å². The minimum Gasteiger partial charge on any atom is -0.359 e. The molecule has 8 heteroatoms. The third-order valence-corrected chi connectivity index (χ3v) is 6.40. The van der Waals surface area contributed by atoms with E-state index in [0.29, 0.717) is 24.2 Å². The summed E-state index contributed by atoms with van der Waals surface area (Å²) in [7, 11) is 3.69. The number of nitrogens with one attached hydrogen (secondary N) is 2. The molecule has 2 N–H and O–H groups in total. The van der Waals surface area contributed by atoms with Gasteiger partial charge in [-0.25, -0.2) is 0 Å². The van der Waals surface area contributed by atoms with Gasteiger partial charge in [0.1, 0.15) is 0 Å². The smallest absolute Gasteiger partial charge is 0.221 e. The average Bonchev–Trinajstić information content (AvgIpc) is 3.12. The fraction of sp³-hybridized carbons (Fsp3) is 0.800. The Morgan fingerprint density at radius 3 is 2.74 bits per heavy atom. The topological polar surface area (TPSA) is 70.1 Å². The predicted molar refractivity (Wildman–Crippen MR) is 97.8 cm³/mol. The van der Waals surface area contributed by atoms with Crippen LogP contribution in [0.15, 0.2) is 3.92 Å². The molecule has 0 spiro atoms. The fourth-order valence-corrected chi connectivity index (χ4v) is 4.70. The molecule has 1 fully saturated rings. The molecule has 1 aromatic rings. The van der Waals surface area contributed by atoms with Gasteiger partial charge in [-0.2, -0.15) is 0 Å². The van der Waals surface area contributed by atoms with Crippen molar-refractivity contribution in [2.45, 2.75) is 32.7 Å². The summed E-state index contributed by atoms with van der Waals surface area (Å²) >= 11 is 4.91. The number of rotatable bonds is 7. The van der Waals surface area contributed by atoms with Gasteiger partial charge in [0.25, 0.3) is 0 Å². The molecule has 1 aromatic heterocycles. The van der Waals surface area contributed by atoms with Gasteiger partial charge in [0.05, 0.1) is 0 Å². The first-order valence-electron chi connectivity index (χ1n) is 8.08. The molecule has 2 heterocycles. The van der Waals surface area contributed by atoms with Crippen molar-refractivity contribution in [2.75, 3.05) is 32.1 Å². The monoisotopic (exact) mass is 403 g/mol. The first-order valence-corrected chi connectivity index (χ1v) is 9.69. The molecule has 0 bridgehead atoms. The first-order chi connectivity index (χ1) is 11.0. The Morgan fingerprint density at radius 2 is 2.17 bits per heavy atom. The first kappa shape index (κ1) is 18.6. The maximum Gasteiger partial charge on any atom is 0.221 e. The van der Waals surface area contributed by atoms with Crippen molar-refractivity contribution in [1.82, 2.24) is 20.8 Å². The van der Waals surface area contributed by atoms with E-state index in [4.69, 9.17) is 0 Å². The molecule has 1 aliphatic heterocycles. The van der Waals surface area contributed by atoms with Crippen LogP contribution in [0.4, 0.5) is 5.13 Å². The van der Waals surface area contributed by atoms with E-state index in [1.54, 1.807) is 7.05 Å². The molecule has 2 rings (SSSR count). The summed E-state index contributed by atoms with van der Waals surface area (Å²) in [4.78, 5) is 14.3. The van der Waals surface area contributed by atoms with Gasteiger partial charge in [0, 0.05) is 26.1 Å². The molecule has 1 aliphatic rings. The van der Waals surface area contributed by atoms with Gasteiger partial charge < -0.3 is 15.5 Å². The molecule has 3 unspecified atom stereocenters. The highest BCUT2D eigenvalue weighted by Gasteiger charge is 2.40. The Morgan fingerprint density at radius 1 is 1.43 bits per heavy atom. The van der Waals surface area contributed by atoms with Crippen molar-refractivity contribution in [1.29, 1.82) is 0 Å². The molecule has 23 heavy (non-hydrogen) atoms. The molecule has 1 amide bonds. The number of halogens is 1. The van der Waals surface area contributed by atoms with Crippen molar-refractivity contribution in [3.63, 3.8) is 0 Å². The number of hydrogen-bond acceptors (Lipinski definition) is 6. The zero-order valence-corrected chi connectivity index (χ0v) is 16.6. The Balaban J connectivity index is 2.19. The Labute approximate surface area is 150 Å². The van der Waals surface area contributed by atoms with Crippen LogP contribution in [0, 0.1) is 17.8 Å². The van der Waals surface area contributed by atoms with E-state index >= 15 is 0 Å². The van der Waals surface area contributed by atoms with Crippen molar-refractivity contribution in [2.24, 2.45) is 17.8 Å². The fourth-order valence-electron chi connectivity index (χ4n) is 3.53. The number of aromatic nitrogens is 2. The lowest BCUT2D eigenvalue weighted by Gasteiger charge is -2.33. The lowest BCUT2D eigenvalue weighted by atomic mass is 9.78. The van der Waals surface area contributed by atoms with E-state index in [1.165, 1.54) is 11.3 Å². The van der Waals surface area contributed by atoms with Gasteiger partial charge in [-0.1, -0.05) is 25.2 Å². The SMILES string of the molecule is CNCC(C)[C@@H](C)C1CCN(c2nnc(Br)s2)C1CC(=O)NC. The Kier molecular flexibility index (Phi) is 6.79. The second-order valence-corrected chi connectivity index (χ2v) is 8.55. The van der Waals surface area contributed by atoms with Crippen LogP contribution in [0.3, 0.4) is 0 Å². The van der Waals surface area contributed by atoms with E-state index in [0.717, 1.165) is 28.6 Å². The van der Waals surface area contributed by atoms with Gasteiger partial charge in [-0.15, -0.1) is 10.2 Å². The number of hydrogen-bond donors (Lipinski definition) is 2. The van der Waals surface area contributed by atoms with E-state index in [1.807, 2.05) is 7.05 Å². The second kappa shape index (κ2) is 8.39. The van der Waals surface area contributed by atoms with Crippen LogP contribution in [-0.4, -0.2) is 49.3 Å². The minimum absolute atomic E-state index is 0.0870.